The molecule has 0 aromatic carbocycles. The lowest BCUT2D eigenvalue weighted by molar-refractivity contribution is 0.0908. The molecule has 2 aromatic heterocycles. The minimum Gasteiger partial charge on any atom is -0.473 e. The van der Waals surface area contributed by atoms with Crippen LogP contribution in [-0.4, -0.2) is 49.4 Å². The Hall–Kier alpha value is -1.53. The summed E-state index contributed by atoms with van der Waals surface area (Å²) in [6, 6.07) is 5.82. The molecule has 0 radical (unpaired) electrons. The van der Waals surface area contributed by atoms with Crippen molar-refractivity contribution in [3.05, 3.63) is 42.4 Å². The number of aromatic nitrogens is 3. The summed E-state index contributed by atoms with van der Waals surface area (Å²) in [7, 11) is 1.97. The molecule has 0 N–H and O–H groups in total. The number of ether oxygens (including phenoxy) is 1. The molecular weight excluding hydrogens is 296 g/mol. The average Bonchev–Trinajstić information content (AvgIpc) is 3.07. The Labute approximate surface area is 134 Å². The van der Waals surface area contributed by atoms with Gasteiger partial charge in [-0.05, 0) is 6.07 Å². The third-order valence-electron chi connectivity index (χ3n) is 4.29. The van der Waals surface area contributed by atoms with Crippen molar-refractivity contribution in [2.24, 2.45) is 7.05 Å². The summed E-state index contributed by atoms with van der Waals surface area (Å²) in [6.45, 7) is 3.30. The fourth-order valence-electron chi connectivity index (χ4n) is 3.38. The Kier molecular flexibility index (Phi) is 3.58. The van der Waals surface area contributed by atoms with Gasteiger partial charge in [-0.1, -0.05) is 6.07 Å². The molecule has 1 atom stereocenters. The van der Waals surface area contributed by atoms with E-state index in [4.69, 9.17) is 4.74 Å². The molecule has 116 valence electrons. The summed E-state index contributed by atoms with van der Waals surface area (Å²) in [5, 5.41) is 4.23. The third-order valence-corrected chi connectivity index (χ3v) is 5.86. The summed E-state index contributed by atoms with van der Waals surface area (Å²) in [6.07, 6.45) is 7.25. The second-order valence-corrected chi connectivity index (χ2v) is 7.76. The largest absolute Gasteiger partial charge is 0.473 e. The number of likely N-dealkylation sites (tertiary alicyclic amines) is 1. The highest BCUT2D eigenvalue weighted by Crippen LogP contribution is 2.46. The first-order valence-electron chi connectivity index (χ1n) is 7.62. The van der Waals surface area contributed by atoms with Gasteiger partial charge in [0.2, 0.25) is 5.88 Å². The number of pyridine rings is 1. The number of thioether (sulfide) groups is 1. The normalized spacial score (nSPS) is 23.6. The lowest BCUT2D eigenvalue weighted by Crippen LogP contribution is -2.58. The molecule has 22 heavy (non-hydrogen) atoms. The van der Waals surface area contributed by atoms with Crippen molar-refractivity contribution in [2.75, 3.05) is 18.8 Å². The molecule has 0 saturated carbocycles. The summed E-state index contributed by atoms with van der Waals surface area (Å²) < 4.78 is 8.26. The van der Waals surface area contributed by atoms with Crippen LogP contribution in [-0.2, 0) is 13.6 Å². The number of hydrogen-bond acceptors (Lipinski definition) is 5. The Bertz CT molecular complexity index is 639. The molecule has 4 heterocycles. The summed E-state index contributed by atoms with van der Waals surface area (Å²) in [5.74, 6) is 1.81. The average molecular weight is 316 g/mol. The van der Waals surface area contributed by atoms with Gasteiger partial charge in [-0.15, -0.1) is 11.8 Å². The molecule has 2 saturated heterocycles. The highest BCUT2D eigenvalue weighted by Gasteiger charge is 2.49. The molecule has 0 unspecified atom stereocenters. The first-order chi connectivity index (χ1) is 10.7. The van der Waals surface area contributed by atoms with E-state index >= 15 is 0 Å². The van der Waals surface area contributed by atoms with Crippen LogP contribution in [0.4, 0.5) is 0 Å². The van der Waals surface area contributed by atoms with Gasteiger partial charge < -0.3 is 4.74 Å². The van der Waals surface area contributed by atoms with E-state index in [1.807, 2.05) is 36.1 Å². The lowest BCUT2D eigenvalue weighted by atomic mass is 9.92. The van der Waals surface area contributed by atoms with Crippen LogP contribution < -0.4 is 4.74 Å². The zero-order chi connectivity index (χ0) is 15.0. The van der Waals surface area contributed by atoms with Crippen molar-refractivity contribution in [1.29, 1.82) is 0 Å². The van der Waals surface area contributed by atoms with Crippen LogP contribution in [0.2, 0.25) is 0 Å². The Balaban J connectivity index is 1.29. The molecule has 2 fully saturated rings. The number of nitrogens with zero attached hydrogens (tertiary/aromatic N) is 4. The molecule has 0 bridgehead atoms. The standard InChI is InChI=1S/C16H20N4OS/c1-19-8-13(7-18-19)9-20-11-16(12-20)6-14(10-22-16)21-15-4-2-3-5-17-15/h2-5,7-8,14H,6,9-12H2,1H3/t14-/m1/s1. The van der Waals surface area contributed by atoms with E-state index in [0.717, 1.165) is 37.7 Å². The fraction of sp³-hybridized carbons (Fsp3) is 0.500. The van der Waals surface area contributed by atoms with Crippen molar-refractivity contribution in [3.63, 3.8) is 0 Å². The van der Waals surface area contributed by atoms with Gasteiger partial charge in [0, 0.05) is 67.6 Å². The fourth-order valence-corrected chi connectivity index (χ4v) is 4.96. The van der Waals surface area contributed by atoms with Crippen molar-refractivity contribution >= 4 is 11.8 Å². The molecule has 2 aliphatic rings. The van der Waals surface area contributed by atoms with Gasteiger partial charge in [0.05, 0.1) is 6.20 Å². The van der Waals surface area contributed by atoms with Crippen LogP contribution in [0.5, 0.6) is 5.88 Å². The molecule has 5 nitrogen and oxygen atoms in total. The molecule has 6 heteroatoms. The summed E-state index contributed by atoms with van der Waals surface area (Å²) in [4.78, 5) is 6.75. The van der Waals surface area contributed by atoms with Crippen LogP contribution in [0.15, 0.2) is 36.8 Å². The van der Waals surface area contributed by atoms with Gasteiger partial charge >= 0.3 is 0 Å². The first kappa shape index (κ1) is 14.1. The van der Waals surface area contributed by atoms with Gasteiger partial charge in [0.1, 0.15) is 6.10 Å². The van der Waals surface area contributed by atoms with Crippen LogP contribution in [0.1, 0.15) is 12.0 Å². The van der Waals surface area contributed by atoms with E-state index in [9.17, 15) is 0 Å². The number of aryl methyl sites for hydroxylation is 1. The molecule has 0 amide bonds. The topological polar surface area (TPSA) is 43.2 Å². The maximum atomic E-state index is 6.00. The van der Waals surface area contributed by atoms with Crippen molar-refractivity contribution in [3.8, 4) is 5.88 Å². The smallest absolute Gasteiger partial charge is 0.213 e. The zero-order valence-electron chi connectivity index (χ0n) is 12.7. The predicted molar refractivity (Wildman–Crippen MR) is 86.9 cm³/mol. The molecule has 2 aliphatic heterocycles. The third kappa shape index (κ3) is 2.85. The van der Waals surface area contributed by atoms with Crippen molar-refractivity contribution in [1.82, 2.24) is 19.7 Å². The predicted octanol–water partition coefficient (Wildman–Crippen LogP) is 1.95. The van der Waals surface area contributed by atoms with E-state index in [-0.39, 0.29) is 0 Å². The van der Waals surface area contributed by atoms with Crippen LogP contribution in [0.25, 0.3) is 0 Å². The van der Waals surface area contributed by atoms with Gasteiger partial charge in [-0.2, -0.15) is 5.10 Å². The molecule has 1 spiro atoms. The maximum Gasteiger partial charge on any atom is 0.213 e. The van der Waals surface area contributed by atoms with E-state index in [1.54, 1.807) is 6.20 Å². The summed E-state index contributed by atoms with van der Waals surface area (Å²) >= 11 is 2.06. The highest BCUT2D eigenvalue weighted by molar-refractivity contribution is 8.01. The molecule has 2 aromatic rings. The minimum atomic E-state index is 0.292. The van der Waals surface area contributed by atoms with Crippen molar-refractivity contribution < 1.29 is 4.74 Å². The maximum absolute atomic E-state index is 6.00. The second kappa shape index (κ2) is 5.59. The van der Waals surface area contributed by atoms with Crippen LogP contribution in [0.3, 0.4) is 0 Å². The first-order valence-corrected chi connectivity index (χ1v) is 8.61. The monoisotopic (exact) mass is 316 g/mol. The highest BCUT2D eigenvalue weighted by atomic mass is 32.2. The molecule has 4 rings (SSSR count). The minimum absolute atomic E-state index is 0.292. The number of hydrogen-bond donors (Lipinski definition) is 0. The Morgan fingerprint density at radius 1 is 1.41 bits per heavy atom. The summed E-state index contributed by atoms with van der Waals surface area (Å²) in [5.41, 5.74) is 1.29. The van der Waals surface area contributed by atoms with Crippen LogP contribution in [0, 0.1) is 0 Å². The van der Waals surface area contributed by atoms with E-state index in [0.29, 0.717) is 10.9 Å². The molecular formula is C16H20N4OS. The van der Waals surface area contributed by atoms with Gasteiger partial charge in [-0.25, -0.2) is 4.98 Å². The van der Waals surface area contributed by atoms with Crippen molar-refractivity contribution in [2.45, 2.75) is 23.8 Å². The zero-order valence-corrected chi connectivity index (χ0v) is 13.5. The van der Waals surface area contributed by atoms with E-state index < -0.39 is 0 Å². The van der Waals surface area contributed by atoms with E-state index in [1.165, 1.54) is 5.56 Å². The lowest BCUT2D eigenvalue weighted by Gasteiger charge is -2.47. The van der Waals surface area contributed by atoms with E-state index in [2.05, 4.69) is 32.9 Å². The second-order valence-electron chi connectivity index (χ2n) is 6.27. The van der Waals surface area contributed by atoms with Gasteiger partial charge in [-0.3, -0.25) is 9.58 Å². The van der Waals surface area contributed by atoms with Gasteiger partial charge in [0.15, 0.2) is 0 Å². The Morgan fingerprint density at radius 2 is 2.32 bits per heavy atom. The van der Waals surface area contributed by atoms with Gasteiger partial charge in [0.25, 0.3) is 0 Å². The van der Waals surface area contributed by atoms with Crippen LogP contribution >= 0.6 is 11.8 Å². The number of rotatable bonds is 4. The Morgan fingerprint density at radius 3 is 3.05 bits per heavy atom. The quantitative estimate of drug-likeness (QED) is 0.862. The molecule has 0 aliphatic carbocycles. The SMILES string of the molecule is Cn1cc(CN2CC3(C[C@@H](Oc4ccccn4)CS3)C2)cn1.